The zero-order chi connectivity index (χ0) is 15.8. The molecule has 0 aromatic heterocycles. The highest BCUT2D eigenvalue weighted by atomic mass is 32.2. The average Bonchev–Trinajstić information content (AvgIpc) is 2.95. The third kappa shape index (κ3) is 2.87. The lowest BCUT2D eigenvalue weighted by atomic mass is 10.1. The Morgan fingerprint density at radius 3 is 2.59 bits per heavy atom. The van der Waals surface area contributed by atoms with E-state index in [1.165, 1.54) is 0 Å². The van der Waals surface area contributed by atoms with Gasteiger partial charge in [-0.05, 0) is 43.5 Å². The molecule has 7 heteroatoms. The van der Waals surface area contributed by atoms with Crippen molar-refractivity contribution in [1.29, 1.82) is 0 Å². The number of hydrogen-bond acceptors (Lipinski definition) is 5. The maximum atomic E-state index is 12.8. The number of sulfonamides is 1. The van der Waals surface area contributed by atoms with Crippen molar-refractivity contribution in [3.63, 3.8) is 0 Å². The van der Waals surface area contributed by atoms with Crippen molar-refractivity contribution in [2.45, 2.75) is 29.6 Å². The van der Waals surface area contributed by atoms with Crippen molar-refractivity contribution < 1.29 is 17.9 Å². The van der Waals surface area contributed by atoms with E-state index in [0.29, 0.717) is 29.3 Å². The highest BCUT2D eigenvalue weighted by Crippen LogP contribution is 2.42. The van der Waals surface area contributed by atoms with E-state index in [-0.39, 0.29) is 4.93 Å². The number of ether oxygens (including phenoxy) is 2. The predicted molar refractivity (Wildman–Crippen MR) is 86.9 cm³/mol. The maximum Gasteiger partial charge on any atom is 0.243 e. The molecule has 5 nitrogen and oxygen atoms in total. The van der Waals surface area contributed by atoms with E-state index in [4.69, 9.17) is 9.47 Å². The first kappa shape index (κ1) is 16.1. The Morgan fingerprint density at radius 1 is 1.32 bits per heavy atom. The molecule has 1 spiro atoms. The lowest BCUT2D eigenvalue weighted by Gasteiger charge is -2.37. The second-order valence-corrected chi connectivity index (χ2v) is 8.99. The maximum absolute atomic E-state index is 12.8. The molecule has 0 unspecified atom stereocenters. The fraction of sp³-hybridized carbons (Fsp3) is 0.600. The fourth-order valence-corrected chi connectivity index (χ4v) is 5.85. The molecule has 2 aliphatic rings. The quantitative estimate of drug-likeness (QED) is 0.842. The number of thioether (sulfide) groups is 1. The van der Waals surface area contributed by atoms with Gasteiger partial charge in [-0.1, -0.05) is 0 Å². The third-order valence-corrected chi connectivity index (χ3v) is 7.78. The molecule has 2 saturated heterocycles. The number of nitrogens with zero attached hydrogens (tertiary/aromatic N) is 1. The SMILES string of the molecule is COc1ccc(S(=O)(=O)N2CCC3(CC2)OCCS3)c(C)c1. The van der Waals surface area contributed by atoms with Gasteiger partial charge in [0.15, 0.2) is 0 Å². The minimum Gasteiger partial charge on any atom is -0.497 e. The summed E-state index contributed by atoms with van der Waals surface area (Å²) >= 11 is 1.82. The average molecular weight is 343 g/mol. The molecule has 0 amide bonds. The van der Waals surface area contributed by atoms with Crippen LogP contribution in [0.2, 0.25) is 0 Å². The van der Waals surface area contributed by atoms with Gasteiger partial charge in [0.05, 0.1) is 18.6 Å². The van der Waals surface area contributed by atoms with Crippen LogP contribution in [0.4, 0.5) is 0 Å². The molecule has 0 atom stereocenters. The zero-order valence-electron chi connectivity index (χ0n) is 12.9. The number of hydrogen-bond donors (Lipinski definition) is 0. The molecule has 122 valence electrons. The summed E-state index contributed by atoms with van der Waals surface area (Å²) in [6.45, 7) is 3.60. The van der Waals surface area contributed by atoms with Crippen LogP contribution >= 0.6 is 11.8 Å². The van der Waals surface area contributed by atoms with Gasteiger partial charge in [-0.25, -0.2) is 8.42 Å². The van der Waals surface area contributed by atoms with Crippen molar-refractivity contribution in [3.05, 3.63) is 23.8 Å². The Kier molecular flexibility index (Phi) is 4.42. The molecule has 2 fully saturated rings. The van der Waals surface area contributed by atoms with Crippen LogP contribution < -0.4 is 4.74 Å². The first-order valence-electron chi connectivity index (χ1n) is 7.40. The van der Waals surface area contributed by atoms with E-state index >= 15 is 0 Å². The van der Waals surface area contributed by atoms with Crippen LogP contribution in [0.15, 0.2) is 23.1 Å². The standard InChI is InChI=1S/C15H21NO4S2/c1-12-11-13(19-2)3-4-14(12)22(17,18)16-7-5-15(6-8-16)20-9-10-21-15/h3-4,11H,5-10H2,1-2H3. The predicted octanol–water partition coefficient (Wildman–Crippen LogP) is 2.25. The van der Waals surface area contributed by atoms with E-state index < -0.39 is 10.0 Å². The van der Waals surface area contributed by atoms with Gasteiger partial charge in [-0.3, -0.25) is 0 Å². The van der Waals surface area contributed by atoms with Gasteiger partial charge in [0, 0.05) is 18.8 Å². The summed E-state index contributed by atoms with van der Waals surface area (Å²) in [5.41, 5.74) is 0.714. The normalized spacial score (nSPS) is 22.1. The first-order valence-corrected chi connectivity index (χ1v) is 9.82. The number of methoxy groups -OCH3 is 1. The summed E-state index contributed by atoms with van der Waals surface area (Å²) in [5, 5.41) is 0. The van der Waals surface area contributed by atoms with E-state index in [0.717, 1.165) is 25.2 Å². The monoisotopic (exact) mass is 343 g/mol. The molecule has 22 heavy (non-hydrogen) atoms. The molecular formula is C15H21NO4S2. The molecule has 0 aliphatic carbocycles. The highest BCUT2D eigenvalue weighted by molar-refractivity contribution is 8.00. The van der Waals surface area contributed by atoms with Crippen molar-refractivity contribution in [1.82, 2.24) is 4.31 Å². The van der Waals surface area contributed by atoms with Crippen LogP contribution in [0.25, 0.3) is 0 Å². The lowest BCUT2D eigenvalue weighted by Crippen LogP contribution is -2.45. The fourth-order valence-electron chi connectivity index (χ4n) is 3.03. The van der Waals surface area contributed by atoms with Crippen molar-refractivity contribution >= 4 is 21.8 Å². The van der Waals surface area contributed by atoms with E-state index in [2.05, 4.69) is 0 Å². The lowest BCUT2D eigenvalue weighted by molar-refractivity contribution is 0.0162. The Hall–Kier alpha value is -0.760. The zero-order valence-corrected chi connectivity index (χ0v) is 14.5. The van der Waals surface area contributed by atoms with Crippen molar-refractivity contribution in [2.75, 3.05) is 32.6 Å². The molecule has 0 saturated carbocycles. The van der Waals surface area contributed by atoms with Crippen molar-refractivity contribution in [2.24, 2.45) is 0 Å². The van der Waals surface area contributed by atoms with Gasteiger partial charge < -0.3 is 9.47 Å². The van der Waals surface area contributed by atoms with E-state index in [9.17, 15) is 8.42 Å². The Bertz CT molecular complexity index is 644. The van der Waals surface area contributed by atoms with Gasteiger partial charge in [0.1, 0.15) is 10.7 Å². The van der Waals surface area contributed by atoms with Crippen LogP contribution in [0, 0.1) is 6.92 Å². The molecule has 2 aliphatic heterocycles. The molecule has 0 bridgehead atoms. The topological polar surface area (TPSA) is 55.8 Å². The first-order chi connectivity index (χ1) is 10.5. The Labute approximate surface area is 136 Å². The smallest absolute Gasteiger partial charge is 0.243 e. The van der Waals surface area contributed by atoms with Crippen LogP contribution in [0.5, 0.6) is 5.75 Å². The molecule has 2 heterocycles. The van der Waals surface area contributed by atoms with Gasteiger partial charge in [-0.2, -0.15) is 4.31 Å². The van der Waals surface area contributed by atoms with Crippen LogP contribution in [-0.2, 0) is 14.8 Å². The molecule has 1 aromatic carbocycles. The van der Waals surface area contributed by atoms with Crippen LogP contribution in [-0.4, -0.2) is 50.2 Å². The van der Waals surface area contributed by atoms with E-state index in [1.807, 2.05) is 11.8 Å². The summed E-state index contributed by atoms with van der Waals surface area (Å²) < 4.78 is 38.2. The number of rotatable bonds is 3. The molecular weight excluding hydrogens is 322 g/mol. The Morgan fingerprint density at radius 2 is 2.05 bits per heavy atom. The van der Waals surface area contributed by atoms with Crippen LogP contribution in [0.3, 0.4) is 0 Å². The largest absolute Gasteiger partial charge is 0.497 e. The van der Waals surface area contributed by atoms with Gasteiger partial charge in [0.2, 0.25) is 10.0 Å². The summed E-state index contributed by atoms with van der Waals surface area (Å²) in [6, 6.07) is 5.09. The third-order valence-electron chi connectivity index (χ3n) is 4.30. The summed E-state index contributed by atoms with van der Waals surface area (Å²) in [6.07, 6.45) is 1.51. The second-order valence-electron chi connectivity index (χ2n) is 5.64. The highest BCUT2D eigenvalue weighted by Gasteiger charge is 2.42. The number of benzene rings is 1. The minimum atomic E-state index is -3.45. The summed E-state index contributed by atoms with van der Waals surface area (Å²) in [5.74, 6) is 1.68. The van der Waals surface area contributed by atoms with Gasteiger partial charge in [-0.15, -0.1) is 11.8 Å². The summed E-state index contributed by atoms with van der Waals surface area (Å²) in [7, 11) is -1.88. The molecule has 0 N–H and O–H groups in total. The molecule has 0 radical (unpaired) electrons. The second kappa shape index (κ2) is 6.03. The van der Waals surface area contributed by atoms with Crippen LogP contribution in [0.1, 0.15) is 18.4 Å². The van der Waals surface area contributed by atoms with Gasteiger partial charge in [0.25, 0.3) is 0 Å². The Balaban J connectivity index is 1.79. The van der Waals surface area contributed by atoms with E-state index in [1.54, 1.807) is 36.5 Å². The van der Waals surface area contributed by atoms with Crippen molar-refractivity contribution in [3.8, 4) is 5.75 Å². The number of aryl methyl sites for hydroxylation is 1. The number of piperidine rings is 1. The minimum absolute atomic E-state index is 0.152. The molecule has 1 aromatic rings. The molecule has 3 rings (SSSR count). The van der Waals surface area contributed by atoms with Gasteiger partial charge >= 0.3 is 0 Å². The summed E-state index contributed by atoms with van der Waals surface area (Å²) in [4.78, 5) is 0.213.